The molecule has 1 atom stereocenters. The van der Waals surface area contributed by atoms with Crippen LogP contribution in [0.5, 0.6) is 0 Å². The summed E-state index contributed by atoms with van der Waals surface area (Å²) in [6.07, 6.45) is 2.16. The molecule has 0 radical (unpaired) electrons. The van der Waals surface area contributed by atoms with Crippen molar-refractivity contribution in [1.82, 2.24) is 5.32 Å². The Morgan fingerprint density at radius 2 is 2.05 bits per heavy atom. The predicted molar refractivity (Wildman–Crippen MR) is 88.9 cm³/mol. The van der Waals surface area contributed by atoms with Crippen LogP contribution < -0.4 is 5.32 Å². The summed E-state index contributed by atoms with van der Waals surface area (Å²) in [5.41, 5.74) is 1.11. The van der Waals surface area contributed by atoms with Crippen LogP contribution in [-0.4, -0.2) is 24.6 Å². The molecule has 0 heterocycles. The van der Waals surface area contributed by atoms with Gasteiger partial charge in [0.25, 0.3) is 0 Å². The van der Waals surface area contributed by atoms with Crippen molar-refractivity contribution in [3.8, 4) is 0 Å². The Kier molecular flexibility index (Phi) is 8.95. The van der Waals surface area contributed by atoms with Gasteiger partial charge in [0.15, 0.2) is 0 Å². The molecule has 1 aromatic rings. The van der Waals surface area contributed by atoms with Gasteiger partial charge < -0.3 is 5.32 Å². The molecule has 20 heavy (non-hydrogen) atoms. The maximum Gasteiger partial charge on any atom is 0.123 e. The molecule has 0 spiro atoms. The van der Waals surface area contributed by atoms with Gasteiger partial charge in [-0.15, -0.1) is 0 Å². The van der Waals surface area contributed by atoms with E-state index in [9.17, 15) is 4.39 Å². The fourth-order valence-electron chi connectivity index (χ4n) is 2.24. The van der Waals surface area contributed by atoms with E-state index in [0.29, 0.717) is 11.8 Å². The second-order valence-corrected chi connectivity index (χ2v) is 7.13. The van der Waals surface area contributed by atoms with Crippen LogP contribution in [0.1, 0.15) is 32.8 Å². The van der Waals surface area contributed by atoms with Crippen LogP contribution in [0, 0.1) is 17.7 Å². The summed E-state index contributed by atoms with van der Waals surface area (Å²) in [5.74, 6) is 3.51. The fourth-order valence-corrected chi connectivity index (χ4v) is 3.03. The summed E-state index contributed by atoms with van der Waals surface area (Å²) in [6, 6.07) is 7.03. The molecular formula is C17H28FNS. The van der Waals surface area contributed by atoms with Crippen molar-refractivity contribution in [2.75, 3.05) is 24.6 Å². The van der Waals surface area contributed by atoms with Gasteiger partial charge in [0.05, 0.1) is 0 Å². The van der Waals surface area contributed by atoms with Crippen molar-refractivity contribution < 1.29 is 4.39 Å². The number of nitrogens with one attached hydrogen (secondary N) is 1. The molecule has 3 heteroatoms. The molecule has 1 N–H and O–H groups in total. The summed E-state index contributed by atoms with van der Waals surface area (Å²) < 4.78 is 13.3. The highest BCUT2D eigenvalue weighted by atomic mass is 32.2. The first-order valence-corrected chi connectivity index (χ1v) is 8.80. The van der Waals surface area contributed by atoms with E-state index in [0.717, 1.165) is 25.1 Å². The highest BCUT2D eigenvalue weighted by molar-refractivity contribution is 7.99. The first-order chi connectivity index (χ1) is 9.61. The van der Waals surface area contributed by atoms with Crippen molar-refractivity contribution in [2.24, 2.45) is 11.8 Å². The Labute approximate surface area is 127 Å². The van der Waals surface area contributed by atoms with E-state index in [4.69, 9.17) is 0 Å². The molecule has 1 unspecified atom stereocenters. The lowest BCUT2D eigenvalue weighted by Gasteiger charge is -2.18. The normalized spacial score (nSPS) is 12.8. The molecule has 0 aliphatic heterocycles. The number of benzene rings is 1. The highest BCUT2D eigenvalue weighted by Gasteiger charge is 2.10. The van der Waals surface area contributed by atoms with Gasteiger partial charge in [-0.3, -0.25) is 0 Å². The smallest absolute Gasteiger partial charge is 0.123 e. The lowest BCUT2D eigenvalue weighted by atomic mass is 9.96. The zero-order chi connectivity index (χ0) is 14.8. The van der Waals surface area contributed by atoms with Crippen LogP contribution in [0.4, 0.5) is 4.39 Å². The number of halogens is 1. The van der Waals surface area contributed by atoms with Crippen molar-refractivity contribution in [1.29, 1.82) is 0 Å². The Morgan fingerprint density at radius 1 is 1.25 bits per heavy atom. The van der Waals surface area contributed by atoms with Crippen LogP contribution in [-0.2, 0) is 6.42 Å². The van der Waals surface area contributed by atoms with Crippen molar-refractivity contribution in [3.05, 3.63) is 35.6 Å². The third-order valence-corrected chi connectivity index (χ3v) is 4.21. The van der Waals surface area contributed by atoms with Crippen molar-refractivity contribution in [2.45, 2.75) is 33.6 Å². The van der Waals surface area contributed by atoms with Crippen LogP contribution in [0.25, 0.3) is 0 Å². The lowest BCUT2D eigenvalue weighted by Crippen LogP contribution is -2.28. The SMILES string of the molecule is CCSCCC(CNCC(C)C)Cc1cccc(F)c1. The molecule has 0 saturated carbocycles. The van der Waals surface area contributed by atoms with Crippen LogP contribution in [0.3, 0.4) is 0 Å². The van der Waals surface area contributed by atoms with Crippen LogP contribution in [0.2, 0.25) is 0 Å². The van der Waals surface area contributed by atoms with Gasteiger partial charge in [-0.05, 0) is 67.0 Å². The molecule has 1 rings (SSSR count). The molecule has 0 bridgehead atoms. The van der Waals surface area contributed by atoms with Gasteiger partial charge in [0, 0.05) is 0 Å². The van der Waals surface area contributed by atoms with E-state index >= 15 is 0 Å². The molecule has 0 amide bonds. The van der Waals surface area contributed by atoms with Crippen molar-refractivity contribution >= 4 is 11.8 Å². The fraction of sp³-hybridized carbons (Fsp3) is 0.647. The Bertz CT molecular complexity index is 368. The number of hydrogen-bond acceptors (Lipinski definition) is 2. The minimum Gasteiger partial charge on any atom is -0.316 e. The number of thioether (sulfide) groups is 1. The van der Waals surface area contributed by atoms with Crippen LogP contribution >= 0.6 is 11.8 Å². The van der Waals surface area contributed by atoms with Gasteiger partial charge in [-0.1, -0.05) is 32.9 Å². The van der Waals surface area contributed by atoms with Gasteiger partial charge >= 0.3 is 0 Å². The predicted octanol–water partition coefficient (Wildman–Crippen LogP) is 4.37. The quantitative estimate of drug-likeness (QED) is 0.643. The largest absolute Gasteiger partial charge is 0.316 e. The number of rotatable bonds is 10. The number of hydrogen-bond donors (Lipinski definition) is 1. The maximum absolute atomic E-state index is 13.3. The monoisotopic (exact) mass is 297 g/mol. The molecule has 0 aromatic heterocycles. The highest BCUT2D eigenvalue weighted by Crippen LogP contribution is 2.16. The molecule has 114 valence electrons. The minimum atomic E-state index is -0.126. The van der Waals surface area contributed by atoms with Gasteiger partial charge in [0.1, 0.15) is 5.82 Å². The first-order valence-electron chi connectivity index (χ1n) is 7.64. The van der Waals surface area contributed by atoms with E-state index in [1.165, 1.54) is 24.0 Å². The molecule has 0 aliphatic carbocycles. The maximum atomic E-state index is 13.3. The zero-order valence-corrected chi connectivity index (χ0v) is 13.8. The van der Waals surface area contributed by atoms with E-state index in [-0.39, 0.29) is 5.82 Å². The van der Waals surface area contributed by atoms with Crippen molar-refractivity contribution in [3.63, 3.8) is 0 Å². The second kappa shape index (κ2) is 10.2. The van der Waals surface area contributed by atoms with Gasteiger partial charge in [-0.2, -0.15) is 11.8 Å². The molecule has 0 aliphatic rings. The van der Waals surface area contributed by atoms with E-state index in [1.54, 1.807) is 6.07 Å². The summed E-state index contributed by atoms with van der Waals surface area (Å²) in [5, 5.41) is 3.54. The topological polar surface area (TPSA) is 12.0 Å². The average molecular weight is 297 g/mol. The van der Waals surface area contributed by atoms with Crippen LogP contribution in [0.15, 0.2) is 24.3 Å². The van der Waals surface area contributed by atoms with Gasteiger partial charge in [0.2, 0.25) is 0 Å². The molecule has 1 nitrogen and oxygen atoms in total. The minimum absolute atomic E-state index is 0.126. The third-order valence-electron chi connectivity index (χ3n) is 3.27. The Morgan fingerprint density at radius 3 is 2.70 bits per heavy atom. The summed E-state index contributed by atoms with van der Waals surface area (Å²) in [6.45, 7) is 8.73. The van der Waals surface area contributed by atoms with E-state index in [2.05, 4.69) is 26.1 Å². The Balaban J connectivity index is 2.47. The first kappa shape index (κ1) is 17.5. The van der Waals surface area contributed by atoms with E-state index in [1.807, 2.05) is 23.9 Å². The zero-order valence-electron chi connectivity index (χ0n) is 13.0. The molecule has 0 saturated heterocycles. The second-order valence-electron chi connectivity index (χ2n) is 5.74. The molecule has 0 fully saturated rings. The van der Waals surface area contributed by atoms with Gasteiger partial charge in [-0.25, -0.2) is 4.39 Å². The average Bonchev–Trinajstić information content (AvgIpc) is 2.38. The third kappa shape index (κ3) is 7.91. The molecular weight excluding hydrogens is 269 g/mol. The lowest BCUT2D eigenvalue weighted by molar-refractivity contribution is 0.439. The summed E-state index contributed by atoms with van der Waals surface area (Å²) in [4.78, 5) is 0. The van der Waals surface area contributed by atoms with E-state index < -0.39 is 0 Å². The molecule has 1 aromatic carbocycles. The Hall–Kier alpha value is -0.540. The summed E-state index contributed by atoms with van der Waals surface area (Å²) in [7, 11) is 0. The summed E-state index contributed by atoms with van der Waals surface area (Å²) >= 11 is 1.99. The standard InChI is InChI=1S/C17H28FNS/c1-4-20-9-8-16(13-19-12-14(2)3)10-15-6-5-7-17(18)11-15/h5-7,11,14,16,19H,4,8-10,12-13H2,1-3H3.